The summed E-state index contributed by atoms with van der Waals surface area (Å²) in [5.74, 6) is -0.944. The van der Waals surface area contributed by atoms with Crippen LogP contribution in [0.25, 0.3) is 10.6 Å². The van der Waals surface area contributed by atoms with Crippen molar-refractivity contribution in [3.63, 3.8) is 0 Å². The lowest BCUT2D eigenvalue weighted by molar-refractivity contribution is 0.00512. The summed E-state index contributed by atoms with van der Waals surface area (Å²) in [5, 5.41) is 2.27. The molecule has 6 nitrogen and oxygen atoms in total. The number of hydrogen-bond acceptors (Lipinski definition) is 7. The van der Waals surface area contributed by atoms with Crippen LogP contribution in [0.3, 0.4) is 0 Å². The number of nitrogens with zero attached hydrogens (tertiary/aromatic N) is 2. The molecule has 134 valence electrons. The van der Waals surface area contributed by atoms with E-state index in [4.69, 9.17) is 9.47 Å². The Hall–Kier alpha value is -2.28. The van der Waals surface area contributed by atoms with E-state index >= 15 is 0 Å². The third kappa shape index (κ3) is 5.63. The molecule has 25 heavy (non-hydrogen) atoms. The molecular weight excluding hydrogens is 340 g/mol. The molecule has 7 heteroatoms. The Bertz CT molecular complexity index is 768. The minimum atomic E-state index is -0.574. The zero-order valence-electron chi connectivity index (χ0n) is 15.2. The van der Waals surface area contributed by atoms with Gasteiger partial charge in [0.15, 0.2) is 5.69 Å². The summed E-state index contributed by atoms with van der Waals surface area (Å²) in [7, 11) is 0. The minimum Gasteiger partial charge on any atom is -0.455 e. The number of thiazole rings is 1. The quantitative estimate of drug-likeness (QED) is 0.765. The third-order valence-corrected chi connectivity index (χ3v) is 3.62. The topological polar surface area (TPSA) is 78.4 Å². The first-order valence-corrected chi connectivity index (χ1v) is 8.71. The monoisotopic (exact) mass is 362 g/mol. The van der Waals surface area contributed by atoms with E-state index in [1.54, 1.807) is 59.1 Å². The molecule has 2 heterocycles. The highest BCUT2D eigenvalue weighted by atomic mass is 32.1. The van der Waals surface area contributed by atoms with E-state index in [2.05, 4.69) is 9.97 Å². The Balaban J connectivity index is 2.13. The first-order chi connectivity index (χ1) is 11.4. The van der Waals surface area contributed by atoms with Crippen molar-refractivity contribution >= 4 is 23.3 Å². The second kappa shape index (κ2) is 6.92. The molecule has 2 aromatic rings. The highest BCUT2D eigenvalue weighted by Crippen LogP contribution is 2.24. The first kappa shape index (κ1) is 19.1. The zero-order chi connectivity index (χ0) is 18.8. The predicted molar refractivity (Wildman–Crippen MR) is 95.7 cm³/mol. The number of pyridine rings is 1. The van der Waals surface area contributed by atoms with Crippen molar-refractivity contribution in [2.24, 2.45) is 0 Å². The highest BCUT2D eigenvalue weighted by Gasteiger charge is 2.21. The minimum absolute atomic E-state index is 0.225. The van der Waals surface area contributed by atoms with Crippen molar-refractivity contribution in [2.75, 3.05) is 0 Å². The van der Waals surface area contributed by atoms with E-state index in [-0.39, 0.29) is 11.4 Å². The number of aromatic nitrogens is 2. The molecule has 0 saturated heterocycles. The SMILES string of the molecule is CC(C)(C)OC(=O)c1ccc(-c2nc(C(=O)OC(C)(C)C)cs2)cn1. The number of hydrogen-bond donors (Lipinski definition) is 0. The van der Waals surface area contributed by atoms with Gasteiger partial charge < -0.3 is 9.47 Å². The molecule has 2 aromatic heterocycles. The maximum atomic E-state index is 12.0. The van der Waals surface area contributed by atoms with E-state index in [0.29, 0.717) is 10.6 Å². The lowest BCUT2D eigenvalue weighted by Crippen LogP contribution is -2.24. The van der Waals surface area contributed by atoms with E-state index in [9.17, 15) is 9.59 Å². The molecule has 0 saturated carbocycles. The van der Waals surface area contributed by atoms with Crippen molar-refractivity contribution in [3.05, 3.63) is 35.1 Å². The van der Waals surface area contributed by atoms with Crippen molar-refractivity contribution in [3.8, 4) is 10.6 Å². The van der Waals surface area contributed by atoms with Gasteiger partial charge in [-0.1, -0.05) is 0 Å². The molecule has 0 spiro atoms. The van der Waals surface area contributed by atoms with Crippen LogP contribution in [0.5, 0.6) is 0 Å². The van der Waals surface area contributed by atoms with Crippen LogP contribution < -0.4 is 0 Å². The Morgan fingerprint density at radius 3 is 1.96 bits per heavy atom. The fourth-order valence-electron chi connectivity index (χ4n) is 1.80. The van der Waals surface area contributed by atoms with Gasteiger partial charge in [-0.25, -0.2) is 19.6 Å². The maximum Gasteiger partial charge on any atom is 0.358 e. The van der Waals surface area contributed by atoms with Gasteiger partial charge in [0.2, 0.25) is 0 Å². The lowest BCUT2D eigenvalue weighted by Gasteiger charge is -2.19. The van der Waals surface area contributed by atoms with Crippen LogP contribution in [0.15, 0.2) is 23.7 Å². The van der Waals surface area contributed by atoms with Crippen molar-refractivity contribution in [1.82, 2.24) is 9.97 Å². The van der Waals surface area contributed by atoms with Crippen LogP contribution in [-0.2, 0) is 9.47 Å². The van der Waals surface area contributed by atoms with Crippen LogP contribution in [0.2, 0.25) is 0 Å². The van der Waals surface area contributed by atoms with Gasteiger partial charge in [-0.05, 0) is 53.7 Å². The molecular formula is C18H22N2O4S. The number of rotatable bonds is 3. The molecule has 0 aliphatic heterocycles. The maximum absolute atomic E-state index is 12.0. The Morgan fingerprint density at radius 1 is 0.920 bits per heavy atom. The van der Waals surface area contributed by atoms with Gasteiger partial charge in [-0.3, -0.25) is 0 Å². The van der Waals surface area contributed by atoms with E-state index in [0.717, 1.165) is 0 Å². The van der Waals surface area contributed by atoms with Gasteiger partial charge in [-0.15, -0.1) is 11.3 Å². The number of carbonyl (C=O) groups is 2. The van der Waals surface area contributed by atoms with Gasteiger partial charge in [0.25, 0.3) is 0 Å². The zero-order valence-corrected chi connectivity index (χ0v) is 16.1. The Morgan fingerprint density at radius 2 is 1.48 bits per heavy atom. The second-order valence-electron chi connectivity index (χ2n) is 7.47. The number of ether oxygens (including phenoxy) is 2. The molecule has 0 aliphatic carbocycles. The highest BCUT2D eigenvalue weighted by molar-refractivity contribution is 7.13. The fourth-order valence-corrected chi connectivity index (χ4v) is 2.58. The van der Waals surface area contributed by atoms with Gasteiger partial charge in [0.05, 0.1) is 0 Å². The van der Waals surface area contributed by atoms with Gasteiger partial charge in [0, 0.05) is 17.1 Å². The summed E-state index contributed by atoms with van der Waals surface area (Å²) in [5.41, 5.74) is 0.0490. The van der Waals surface area contributed by atoms with Gasteiger partial charge in [-0.2, -0.15) is 0 Å². The van der Waals surface area contributed by atoms with Gasteiger partial charge in [0.1, 0.15) is 21.9 Å². The molecule has 0 aliphatic rings. The lowest BCUT2D eigenvalue weighted by atomic mass is 10.2. The summed E-state index contributed by atoms with van der Waals surface area (Å²) >= 11 is 1.31. The summed E-state index contributed by atoms with van der Waals surface area (Å²) in [6.45, 7) is 10.8. The summed E-state index contributed by atoms with van der Waals surface area (Å²) in [6, 6.07) is 3.31. The Kier molecular flexibility index (Phi) is 5.27. The van der Waals surface area contributed by atoms with Crippen LogP contribution >= 0.6 is 11.3 Å². The van der Waals surface area contributed by atoms with E-state index in [1.165, 1.54) is 17.5 Å². The number of carbonyl (C=O) groups excluding carboxylic acids is 2. The Labute approximate surface area is 151 Å². The molecule has 0 N–H and O–H groups in total. The van der Waals surface area contributed by atoms with Crippen molar-refractivity contribution < 1.29 is 19.1 Å². The third-order valence-electron chi connectivity index (χ3n) is 2.73. The smallest absolute Gasteiger partial charge is 0.358 e. The summed E-state index contributed by atoms with van der Waals surface area (Å²) in [4.78, 5) is 32.4. The average Bonchev–Trinajstić information content (AvgIpc) is 2.93. The molecule has 0 radical (unpaired) electrons. The molecule has 0 unspecified atom stereocenters. The summed E-state index contributed by atoms with van der Waals surface area (Å²) in [6.07, 6.45) is 1.54. The standard InChI is InChI=1S/C18H22N2O4S/c1-17(2,3)23-15(21)12-8-7-11(9-19-12)14-20-13(10-25-14)16(22)24-18(4,5)6/h7-10H,1-6H3. The largest absolute Gasteiger partial charge is 0.455 e. The number of esters is 2. The van der Waals surface area contributed by atoms with E-state index in [1.807, 2.05) is 0 Å². The van der Waals surface area contributed by atoms with Crippen LogP contribution in [-0.4, -0.2) is 33.1 Å². The molecule has 0 fully saturated rings. The molecule has 0 bridgehead atoms. The van der Waals surface area contributed by atoms with Crippen molar-refractivity contribution in [2.45, 2.75) is 52.7 Å². The second-order valence-corrected chi connectivity index (χ2v) is 8.33. The molecule has 0 aromatic carbocycles. The average molecular weight is 362 g/mol. The fraction of sp³-hybridized carbons (Fsp3) is 0.444. The first-order valence-electron chi connectivity index (χ1n) is 7.83. The molecule has 0 atom stereocenters. The predicted octanol–water partition coefficient (Wildman–Crippen LogP) is 4.12. The van der Waals surface area contributed by atoms with Crippen LogP contribution in [0.4, 0.5) is 0 Å². The van der Waals surface area contributed by atoms with Crippen LogP contribution in [0, 0.1) is 0 Å². The summed E-state index contributed by atoms with van der Waals surface area (Å²) < 4.78 is 10.6. The molecule has 0 amide bonds. The molecule has 2 rings (SSSR count). The van der Waals surface area contributed by atoms with Gasteiger partial charge >= 0.3 is 11.9 Å². The van der Waals surface area contributed by atoms with E-state index < -0.39 is 23.1 Å². The normalized spacial score (nSPS) is 11.9. The van der Waals surface area contributed by atoms with Crippen LogP contribution in [0.1, 0.15) is 62.5 Å². The van der Waals surface area contributed by atoms with Crippen molar-refractivity contribution in [1.29, 1.82) is 0 Å².